The van der Waals surface area contributed by atoms with Crippen LogP contribution in [0.5, 0.6) is 0 Å². The van der Waals surface area contributed by atoms with Crippen LogP contribution in [0.4, 0.5) is 0 Å². The first-order valence-electron chi connectivity index (χ1n) is 6.04. The summed E-state index contributed by atoms with van der Waals surface area (Å²) in [5, 5.41) is 0.579. The third-order valence-corrected chi connectivity index (χ3v) is 5.57. The molecule has 3 saturated carbocycles. The first-order chi connectivity index (χ1) is 6.04. The minimum absolute atomic E-state index is 0.579. The molecule has 13 heavy (non-hydrogen) atoms. The average Bonchev–Trinajstić information content (AvgIpc) is 2.02. The Hall–Kier alpha value is 0.130. The maximum Gasteiger partial charge on any atom is 0.0992 e. The summed E-state index contributed by atoms with van der Waals surface area (Å²) in [5.74, 6) is 3.33. The molecule has 0 nitrogen and oxygen atoms in total. The summed E-state index contributed by atoms with van der Waals surface area (Å²) >= 11 is 0. The normalized spacial score (nSPS) is 53.2. The largest absolute Gasteiger partial charge is 0.0992 e. The van der Waals surface area contributed by atoms with Gasteiger partial charge in [0, 0.05) is 0 Å². The van der Waals surface area contributed by atoms with Crippen molar-refractivity contribution in [2.45, 2.75) is 44.2 Å². The maximum atomic E-state index is 2.45. The lowest BCUT2D eigenvalue weighted by Crippen LogP contribution is -2.49. The van der Waals surface area contributed by atoms with Crippen molar-refractivity contribution in [2.24, 2.45) is 23.2 Å². The summed E-state index contributed by atoms with van der Waals surface area (Å²) in [6.45, 7) is 2.45. The lowest BCUT2D eigenvalue weighted by Gasteiger charge is -2.58. The Kier molecular flexibility index (Phi) is 1.43. The lowest BCUT2D eigenvalue weighted by molar-refractivity contribution is -0.0731. The van der Waals surface area contributed by atoms with Crippen LogP contribution in [0.1, 0.15) is 39.0 Å². The summed E-state index contributed by atoms with van der Waals surface area (Å²) in [4.78, 5) is 0. The quantitative estimate of drug-likeness (QED) is 0.524. The highest BCUT2D eigenvalue weighted by Gasteiger charge is 2.65. The minimum atomic E-state index is 0.579. The highest BCUT2D eigenvalue weighted by molar-refractivity contribution is 6.39. The van der Waals surface area contributed by atoms with Gasteiger partial charge in [-0.3, -0.25) is 0 Å². The summed E-state index contributed by atoms with van der Waals surface area (Å²) in [6.07, 6.45) is 7.83. The molecule has 0 heterocycles. The van der Waals surface area contributed by atoms with Crippen LogP contribution in [0.3, 0.4) is 0 Å². The first kappa shape index (κ1) is 8.44. The van der Waals surface area contributed by atoms with Crippen LogP contribution in [-0.4, -0.2) is 15.7 Å². The monoisotopic (exact) mass is 174 g/mol. The molecule has 0 radical (unpaired) electrons. The van der Waals surface area contributed by atoms with Crippen LogP contribution >= 0.6 is 0 Å². The van der Waals surface area contributed by atoms with Crippen molar-refractivity contribution < 1.29 is 0 Å². The second-order valence-electron chi connectivity index (χ2n) is 6.82. The van der Waals surface area contributed by atoms with E-state index in [4.69, 9.17) is 0 Å². The van der Waals surface area contributed by atoms with Gasteiger partial charge in [-0.1, -0.05) is 12.1 Å². The Balaban J connectivity index is 1.87. The number of hydrogen-bond donors (Lipinski definition) is 0. The number of rotatable bonds is 1. The van der Waals surface area contributed by atoms with E-state index in [1.807, 2.05) is 0 Å². The summed E-state index contributed by atoms with van der Waals surface area (Å²) in [6, 6.07) is 0. The molecule has 2 heteroatoms. The Morgan fingerprint density at radius 3 is 2.23 bits per heavy atom. The zero-order chi connectivity index (χ0) is 9.27. The van der Waals surface area contributed by atoms with E-state index in [0.717, 1.165) is 23.2 Å². The predicted octanol–water partition coefficient (Wildman–Crippen LogP) is 1.22. The SMILES string of the molecule is BC(B)(C)C1CC2CCC23CCC13. The minimum Gasteiger partial charge on any atom is -0.0842 e. The Morgan fingerprint density at radius 1 is 1.23 bits per heavy atom. The van der Waals surface area contributed by atoms with Crippen LogP contribution in [-0.2, 0) is 0 Å². The van der Waals surface area contributed by atoms with E-state index in [9.17, 15) is 0 Å². The van der Waals surface area contributed by atoms with Gasteiger partial charge in [0.2, 0.25) is 0 Å². The second-order valence-corrected chi connectivity index (χ2v) is 6.82. The highest BCUT2D eigenvalue weighted by atomic mass is 14.7. The molecule has 0 saturated heterocycles. The van der Waals surface area contributed by atoms with Crippen molar-refractivity contribution in [3.63, 3.8) is 0 Å². The van der Waals surface area contributed by atoms with Gasteiger partial charge >= 0.3 is 0 Å². The van der Waals surface area contributed by atoms with Crippen LogP contribution < -0.4 is 0 Å². The molecule has 0 aromatic carbocycles. The lowest BCUT2D eigenvalue weighted by atomic mass is 9.42. The van der Waals surface area contributed by atoms with Crippen molar-refractivity contribution >= 4 is 15.7 Å². The van der Waals surface area contributed by atoms with Crippen molar-refractivity contribution in [3.8, 4) is 0 Å². The molecular weight excluding hydrogens is 154 g/mol. The number of hydrogen-bond acceptors (Lipinski definition) is 0. The fraction of sp³-hybridized carbons (Fsp3) is 1.00. The second kappa shape index (κ2) is 2.20. The fourth-order valence-electron chi connectivity index (χ4n) is 4.60. The molecule has 0 bridgehead atoms. The summed E-state index contributed by atoms with van der Waals surface area (Å²) in [5.41, 5.74) is 0.901. The average molecular weight is 174 g/mol. The van der Waals surface area contributed by atoms with Gasteiger partial charge in [-0.2, -0.15) is 0 Å². The van der Waals surface area contributed by atoms with Crippen LogP contribution in [0.25, 0.3) is 0 Å². The Morgan fingerprint density at radius 2 is 1.92 bits per heavy atom. The predicted molar refractivity (Wildman–Crippen MR) is 61.4 cm³/mol. The zero-order valence-corrected chi connectivity index (χ0v) is 9.27. The molecule has 4 unspecified atom stereocenters. The van der Waals surface area contributed by atoms with Gasteiger partial charge in [0.15, 0.2) is 0 Å². The summed E-state index contributed by atoms with van der Waals surface area (Å²) < 4.78 is 0. The van der Waals surface area contributed by atoms with Gasteiger partial charge in [-0.15, -0.1) is 0 Å². The summed E-state index contributed by atoms with van der Waals surface area (Å²) in [7, 11) is 4.91. The van der Waals surface area contributed by atoms with Crippen LogP contribution in [0.2, 0.25) is 5.21 Å². The van der Waals surface area contributed by atoms with E-state index >= 15 is 0 Å². The van der Waals surface area contributed by atoms with E-state index in [1.165, 1.54) is 0 Å². The van der Waals surface area contributed by atoms with Gasteiger partial charge in [0.1, 0.15) is 0 Å². The molecule has 4 atom stereocenters. The highest BCUT2D eigenvalue weighted by Crippen LogP contribution is 2.74. The molecule has 3 rings (SSSR count). The van der Waals surface area contributed by atoms with Gasteiger partial charge < -0.3 is 0 Å². The van der Waals surface area contributed by atoms with Gasteiger partial charge in [0.25, 0.3) is 0 Å². The Labute approximate surface area is 83.7 Å². The molecule has 3 fully saturated rings. The third-order valence-electron chi connectivity index (χ3n) is 5.57. The van der Waals surface area contributed by atoms with Crippen molar-refractivity contribution in [1.29, 1.82) is 0 Å². The van der Waals surface area contributed by atoms with Gasteiger partial charge in [-0.25, -0.2) is 0 Å². The first-order valence-corrected chi connectivity index (χ1v) is 6.04. The topological polar surface area (TPSA) is 0 Å². The van der Waals surface area contributed by atoms with Gasteiger partial charge in [-0.05, 0) is 55.3 Å². The third kappa shape index (κ3) is 0.856. The zero-order valence-electron chi connectivity index (χ0n) is 9.27. The molecular formula is C11H20B2. The standard InChI is InChI=1S/C11H20B2/c1-10(12,13)9-6-7-2-4-11(7)5-3-8(9)11/h7-9H,2-6,12-13H2,1H3. The smallest absolute Gasteiger partial charge is 0.0842 e. The Bertz CT molecular complexity index is 239. The van der Waals surface area contributed by atoms with Crippen molar-refractivity contribution in [2.75, 3.05) is 0 Å². The van der Waals surface area contributed by atoms with Gasteiger partial charge in [0.05, 0.1) is 15.7 Å². The molecule has 0 aromatic heterocycles. The van der Waals surface area contributed by atoms with E-state index in [2.05, 4.69) is 22.6 Å². The van der Waals surface area contributed by atoms with E-state index in [0.29, 0.717) is 5.21 Å². The van der Waals surface area contributed by atoms with Crippen LogP contribution in [0.15, 0.2) is 0 Å². The van der Waals surface area contributed by atoms with E-state index < -0.39 is 0 Å². The molecule has 0 aromatic rings. The molecule has 0 amide bonds. The molecule has 0 aliphatic heterocycles. The van der Waals surface area contributed by atoms with E-state index in [1.54, 1.807) is 32.1 Å². The molecule has 70 valence electrons. The van der Waals surface area contributed by atoms with Crippen molar-refractivity contribution in [1.82, 2.24) is 0 Å². The molecule has 3 aliphatic rings. The fourth-order valence-corrected chi connectivity index (χ4v) is 4.60. The molecule has 1 spiro atoms. The maximum absolute atomic E-state index is 2.45. The van der Waals surface area contributed by atoms with Crippen LogP contribution in [0, 0.1) is 23.2 Å². The van der Waals surface area contributed by atoms with E-state index in [-0.39, 0.29) is 0 Å². The molecule has 0 N–H and O–H groups in total. The van der Waals surface area contributed by atoms with Crippen molar-refractivity contribution in [3.05, 3.63) is 0 Å². The molecule has 3 aliphatic carbocycles.